The molecule has 0 aliphatic heterocycles. The molecule has 0 radical (unpaired) electrons. The number of benzene rings is 2. The number of nitrogens with one attached hydrogen (secondary N) is 2. The maximum absolute atomic E-state index is 14.1. The molecular weight excluding hydrogens is 363 g/mol. The number of anilines is 1. The lowest BCUT2D eigenvalue weighted by Gasteiger charge is -2.12. The standard InChI is InChI=1S/C20H17FN4O3/c1-12-11-17(26)18(24-25(12)16-6-4-3-5-15(16)21)20(28)23-14-9-7-13(8-10-14)19(27)22-2/h3-11H,1-2H3,(H,22,27)(H,23,28). The molecule has 8 heteroatoms. The Kier molecular flexibility index (Phi) is 5.30. The molecule has 2 aromatic carbocycles. The van der Waals surface area contributed by atoms with E-state index >= 15 is 0 Å². The summed E-state index contributed by atoms with van der Waals surface area (Å²) in [6.45, 7) is 1.60. The van der Waals surface area contributed by atoms with Crippen LogP contribution in [0.15, 0.2) is 59.4 Å². The van der Waals surface area contributed by atoms with Gasteiger partial charge in [-0.25, -0.2) is 9.07 Å². The van der Waals surface area contributed by atoms with Crippen LogP contribution in [0, 0.1) is 12.7 Å². The molecule has 0 aliphatic rings. The number of rotatable bonds is 4. The summed E-state index contributed by atoms with van der Waals surface area (Å²) in [5.74, 6) is -1.52. The largest absolute Gasteiger partial charge is 0.355 e. The number of aryl methyl sites for hydroxylation is 1. The molecule has 7 nitrogen and oxygen atoms in total. The number of hydrogen-bond acceptors (Lipinski definition) is 4. The van der Waals surface area contributed by atoms with E-state index in [2.05, 4.69) is 15.7 Å². The van der Waals surface area contributed by atoms with Crippen molar-refractivity contribution in [2.24, 2.45) is 0 Å². The zero-order valence-corrected chi connectivity index (χ0v) is 15.2. The Labute approximate surface area is 159 Å². The second-order valence-electron chi connectivity index (χ2n) is 5.97. The normalized spacial score (nSPS) is 10.4. The molecule has 0 saturated heterocycles. The van der Waals surface area contributed by atoms with Gasteiger partial charge in [-0.2, -0.15) is 5.10 Å². The topological polar surface area (TPSA) is 93.1 Å². The third kappa shape index (κ3) is 3.80. The molecule has 28 heavy (non-hydrogen) atoms. The molecule has 0 atom stereocenters. The van der Waals surface area contributed by atoms with Crippen molar-refractivity contribution in [3.05, 3.63) is 87.6 Å². The number of carbonyl (C=O) groups excluding carboxylic acids is 2. The van der Waals surface area contributed by atoms with Crippen molar-refractivity contribution in [3.8, 4) is 5.69 Å². The fourth-order valence-electron chi connectivity index (χ4n) is 2.61. The van der Waals surface area contributed by atoms with Crippen molar-refractivity contribution in [3.63, 3.8) is 0 Å². The van der Waals surface area contributed by atoms with Crippen molar-refractivity contribution >= 4 is 17.5 Å². The number of halogens is 1. The maximum Gasteiger partial charge on any atom is 0.280 e. The first-order valence-corrected chi connectivity index (χ1v) is 8.40. The van der Waals surface area contributed by atoms with E-state index < -0.39 is 17.2 Å². The fraction of sp³-hybridized carbons (Fsp3) is 0.100. The molecule has 3 aromatic rings. The molecule has 1 aromatic heterocycles. The van der Waals surface area contributed by atoms with Gasteiger partial charge in [-0.3, -0.25) is 14.4 Å². The zero-order chi connectivity index (χ0) is 20.3. The van der Waals surface area contributed by atoms with Gasteiger partial charge in [0.15, 0.2) is 5.69 Å². The zero-order valence-electron chi connectivity index (χ0n) is 15.2. The minimum absolute atomic E-state index is 0.129. The minimum Gasteiger partial charge on any atom is -0.355 e. The Bertz CT molecular complexity index is 1110. The average molecular weight is 380 g/mol. The van der Waals surface area contributed by atoms with Gasteiger partial charge in [-0.1, -0.05) is 12.1 Å². The van der Waals surface area contributed by atoms with Crippen LogP contribution < -0.4 is 16.1 Å². The highest BCUT2D eigenvalue weighted by atomic mass is 19.1. The van der Waals surface area contributed by atoms with E-state index in [9.17, 15) is 18.8 Å². The summed E-state index contributed by atoms with van der Waals surface area (Å²) in [4.78, 5) is 36.3. The smallest absolute Gasteiger partial charge is 0.280 e. The van der Waals surface area contributed by atoms with Crippen LogP contribution in [0.5, 0.6) is 0 Å². The molecule has 0 saturated carbocycles. The Morgan fingerprint density at radius 2 is 1.71 bits per heavy atom. The number of aromatic nitrogens is 2. The molecule has 0 bridgehead atoms. The lowest BCUT2D eigenvalue weighted by Crippen LogP contribution is -2.27. The van der Waals surface area contributed by atoms with Crippen molar-refractivity contribution in [1.82, 2.24) is 15.1 Å². The van der Waals surface area contributed by atoms with Crippen LogP contribution >= 0.6 is 0 Å². The van der Waals surface area contributed by atoms with Crippen LogP contribution in [0.2, 0.25) is 0 Å². The third-order valence-corrected chi connectivity index (χ3v) is 4.04. The van der Waals surface area contributed by atoms with Gasteiger partial charge < -0.3 is 10.6 Å². The van der Waals surface area contributed by atoms with E-state index in [0.717, 1.165) is 0 Å². The Morgan fingerprint density at radius 1 is 1.04 bits per heavy atom. The van der Waals surface area contributed by atoms with Crippen LogP contribution in [0.1, 0.15) is 26.5 Å². The molecule has 2 N–H and O–H groups in total. The Balaban J connectivity index is 1.92. The van der Waals surface area contributed by atoms with Crippen LogP contribution in [-0.4, -0.2) is 28.6 Å². The SMILES string of the molecule is CNC(=O)c1ccc(NC(=O)c2nn(-c3ccccc3F)c(C)cc2=O)cc1. The summed E-state index contributed by atoms with van der Waals surface area (Å²) >= 11 is 0. The second kappa shape index (κ2) is 7.83. The van der Waals surface area contributed by atoms with E-state index in [-0.39, 0.29) is 17.3 Å². The van der Waals surface area contributed by atoms with E-state index in [4.69, 9.17) is 0 Å². The monoisotopic (exact) mass is 380 g/mol. The van der Waals surface area contributed by atoms with Gasteiger partial charge in [0, 0.05) is 30.1 Å². The van der Waals surface area contributed by atoms with Gasteiger partial charge in [0.2, 0.25) is 5.43 Å². The molecule has 0 unspecified atom stereocenters. The highest BCUT2D eigenvalue weighted by Crippen LogP contribution is 2.14. The number of nitrogens with zero attached hydrogens (tertiary/aromatic N) is 2. The quantitative estimate of drug-likeness (QED) is 0.726. The Hall–Kier alpha value is -3.81. The van der Waals surface area contributed by atoms with Crippen LogP contribution in [0.4, 0.5) is 10.1 Å². The molecule has 2 amide bonds. The van der Waals surface area contributed by atoms with Gasteiger partial charge in [0.05, 0.1) is 0 Å². The first-order chi connectivity index (χ1) is 13.4. The van der Waals surface area contributed by atoms with Gasteiger partial charge in [-0.05, 0) is 43.3 Å². The minimum atomic E-state index is -0.734. The van der Waals surface area contributed by atoms with Crippen molar-refractivity contribution in [1.29, 1.82) is 0 Å². The number of hydrogen-bond donors (Lipinski definition) is 2. The van der Waals surface area contributed by atoms with E-state index in [1.54, 1.807) is 13.0 Å². The molecule has 0 aliphatic carbocycles. The summed E-state index contributed by atoms with van der Waals surface area (Å²) in [7, 11) is 1.52. The summed E-state index contributed by atoms with van der Waals surface area (Å²) in [5.41, 5.74) is 0.382. The summed E-state index contributed by atoms with van der Waals surface area (Å²) < 4.78 is 15.3. The first kappa shape index (κ1) is 19.0. The van der Waals surface area contributed by atoms with Gasteiger partial charge in [-0.15, -0.1) is 0 Å². The summed E-state index contributed by atoms with van der Waals surface area (Å²) in [6.07, 6.45) is 0. The van der Waals surface area contributed by atoms with Crippen molar-refractivity contribution in [2.75, 3.05) is 12.4 Å². The molecule has 142 valence electrons. The van der Waals surface area contributed by atoms with Crippen LogP contribution in [0.3, 0.4) is 0 Å². The van der Waals surface area contributed by atoms with E-state index in [1.807, 2.05) is 0 Å². The van der Waals surface area contributed by atoms with Gasteiger partial charge >= 0.3 is 0 Å². The van der Waals surface area contributed by atoms with Crippen molar-refractivity contribution in [2.45, 2.75) is 6.92 Å². The molecule has 0 fully saturated rings. The number of carbonyl (C=O) groups is 2. The summed E-state index contributed by atoms with van der Waals surface area (Å²) in [6, 6.07) is 13.3. The maximum atomic E-state index is 14.1. The van der Waals surface area contributed by atoms with Crippen LogP contribution in [0.25, 0.3) is 5.69 Å². The lowest BCUT2D eigenvalue weighted by atomic mass is 10.2. The first-order valence-electron chi connectivity index (χ1n) is 8.40. The van der Waals surface area contributed by atoms with Gasteiger partial charge in [0.25, 0.3) is 11.8 Å². The van der Waals surface area contributed by atoms with E-state index in [1.165, 1.54) is 60.3 Å². The van der Waals surface area contributed by atoms with Crippen molar-refractivity contribution < 1.29 is 14.0 Å². The summed E-state index contributed by atoms with van der Waals surface area (Å²) in [5, 5.41) is 9.10. The Morgan fingerprint density at radius 3 is 2.36 bits per heavy atom. The molecular formula is C20H17FN4O3. The molecule has 1 heterocycles. The highest BCUT2D eigenvalue weighted by Gasteiger charge is 2.17. The predicted octanol–water partition coefficient (Wildman–Crippen LogP) is 2.29. The average Bonchev–Trinajstić information content (AvgIpc) is 2.68. The van der Waals surface area contributed by atoms with Gasteiger partial charge in [0.1, 0.15) is 11.5 Å². The van der Waals surface area contributed by atoms with E-state index in [0.29, 0.717) is 16.9 Å². The highest BCUT2D eigenvalue weighted by molar-refractivity contribution is 6.03. The number of amides is 2. The second-order valence-corrected chi connectivity index (χ2v) is 5.97. The fourth-order valence-corrected chi connectivity index (χ4v) is 2.61. The number of para-hydroxylation sites is 1. The lowest BCUT2D eigenvalue weighted by molar-refractivity contribution is 0.0962. The van der Waals surface area contributed by atoms with Crippen LogP contribution in [-0.2, 0) is 0 Å². The third-order valence-electron chi connectivity index (χ3n) is 4.04. The molecule has 3 rings (SSSR count). The predicted molar refractivity (Wildman–Crippen MR) is 102 cm³/mol. The molecule has 0 spiro atoms.